The normalized spacial score (nSPS) is 11.0. The average molecular weight is 350 g/mol. The number of rotatable bonds is 4. The molecule has 130 valence electrons. The highest BCUT2D eigenvalue weighted by atomic mass is 19.1. The number of benzene rings is 3. The molecule has 4 rings (SSSR count). The monoisotopic (exact) mass is 350 g/mol. The summed E-state index contributed by atoms with van der Waals surface area (Å²) >= 11 is 0. The first-order valence-electron chi connectivity index (χ1n) is 8.20. The maximum Gasteiger partial charge on any atom is 0.144 e. The van der Waals surface area contributed by atoms with Crippen LogP contribution in [0.2, 0.25) is 0 Å². The molecule has 26 heavy (non-hydrogen) atoms. The van der Waals surface area contributed by atoms with E-state index in [0.29, 0.717) is 28.2 Å². The van der Waals surface area contributed by atoms with Gasteiger partial charge in [-0.15, -0.1) is 0 Å². The van der Waals surface area contributed by atoms with Crippen molar-refractivity contribution >= 4 is 11.0 Å². The van der Waals surface area contributed by atoms with Crippen LogP contribution in [0.5, 0.6) is 5.75 Å². The van der Waals surface area contributed by atoms with Crippen molar-refractivity contribution < 1.29 is 13.5 Å². The van der Waals surface area contributed by atoms with Gasteiger partial charge in [0.2, 0.25) is 0 Å². The average Bonchev–Trinajstić information content (AvgIpc) is 3.01. The van der Waals surface area contributed by atoms with Gasteiger partial charge in [0.05, 0.1) is 30.3 Å². The van der Waals surface area contributed by atoms with Gasteiger partial charge in [-0.05, 0) is 30.3 Å². The summed E-state index contributed by atoms with van der Waals surface area (Å²) in [5.74, 6) is 0.439. The molecule has 0 saturated carbocycles. The summed E-state index contributed by atoms with van der Waals surface area (Å²) in [6, 6.07) is 18.5. The van der Waals surface area contributed by atoms with Gasteiger partial charge in [-0.1, -0.05) is 30.3 Å². The summed E-state index contributed by atoms with van der Waals surface area (Å²) in [6.07, 6.45) is 0. The molecule has 3 nitrogen and oxygen atoms in total. The predicted octanol–water partition coefficient (Wildman–Crippen LogP) is 5.04. The number of methoxy groups -OCH3 is 1. The van der Waals surface area contributed by atoms with Crippen LogP contribution in [0.1, 0.15) is 5.56 Å². The van der Waals surface area contributed by atoms with Crippen LogP contribution in [0.25, 0.3) is 22.4 Å². The summed E-state index contributed by atoms with van der Waals surface area (Å²) in [6.45, 7) is 0.249. The van der Waals surface area contributed by atoms with Crippen molar-refractivity contribution in [1.29, 1.82) is 0 Å². The molecule has 0 unspecified atom stereocenters. The van der Waals surface area contributed by atoms with Gasteiger partial charge in [0, 0.05) is 11.6 Å². The molecule has 5 heteroatoms. The lowest BCUT2D eigenvalue weighted by Gasteiger charge is -2.11. The van der Waals surface area contributed by atoms with Crippen LogP contribution in [0, 0.1) is 11.6 Å². The molecule has 3 aromatic carbocycles. The molecule has 0 aliphatic rings. The van der Waals surface area contributed by atoms with Crippen molar-refractivity contribution in [3.8, 4) is 17.1 Å². The topological polar surface area (TPSA) is 27.1 Å². The molecule has 1 heterocycles. The Morgan fingerprint density at radius 2 is 1.65 bits per heavy atom. The number of imidazole rings is 1. The van der Waals surface area contributed by atoms with Crippen LogP contribution < -0.4 is 4.74 Å². The van der Waals surface area contributed by atoms with Gasteiger partial charge < -0.3 is 9.30 Å². The fourth-order valence-corrected chi connectivity index (χ4v) is 3.04. The molecule has 0 saturated heterocycles. The molecule has 0 aliphatic heterocycles. The van der Waals surface area contributed by atoms with Gasteiger partial charge in [0.15, 0.2) is 0 Å². The molecule has 0 radical (unpaired) electrons. The van der Waals surface area contributed by atoms with E-state index in [-0.39, 0.29) is 18.2 Å². The Labute approximate surface area is 149 Å². The first kappa shape index (κ1) is 16.3. The summed E-state index contributed by atoms with van der Waals surface area (Å²) in [5.41, 5.74) is 2.34. The molecule has 4 aromatic rings. The van der Waals surface area contributed by atoms with E-state index in [1.165, 1.54) is 12.1 Å². The molecule has 1 aromatic heterocycles. The van der Waals surface area contributed by atoms with Crippen LogP contribution in [0.3, 0.4) is 0 Å². The number of halogens is 2. The zero-order valence-electron chi connectivity index (χ0n) is 14.1. The summed E-state index contributed by atoms with van der Waals surface area (Å²) < 4.78 is 35.7. The van der Waals surface area contributed by atoms with Crippen LogP contribution in [0.15, 0.2) is 66.7 Å². The maximum atomic E-state index is 14.4. The zero-order valence-corrected chi connectivity index (χ0v) is 14.1. The third-order valence-electron chi connectivity index (χ3n) is 4.36. The SMILES string of the molecule is COc1ccc2c(c1)nc(-c1ccccc1F)n2Cc1ccccc1F. The Bertz CT molecular complexity index is 1090. The molecular weight excluding hydrogens is 334 g/mol. The minimum absolute atomic E-state index is 0.249. The van der Waals surface area contributed by atoms with Crippen molar-refractivity contribution in [3.63, 3.8) is 0 Å². The van der Waals surface area contributed by atoms with Crippen molar-refractivity contribution in [2.45, 2.75) is 6.54 Å². The number of nitrogens with zero attached hydrogens (tertiary/aromatic N) is 2. The van der Waals surface area contributed by atoms with Crippen LogP contribution >= 0.6 is 0 Å². The Morgan fingerprint density at radius 3 is 2.38 bits per heavy atom. The third kappa shape index (κ3) is 2.81. The number of hydrogen-bond acceptors (Lipinski definition) is 2. The lowest BCUT2D eigenvalue weighted by Crippen LogP contribution is -2.05. The van der Waals surface area contributed by atoms with Gasteiger partial charge in [-0.25, -0.2) is 13.8 Å². The van der Waals surface area contributed by atoms with Crippen molar-refractivity contribution in [2.24, 2.45) is 0 Å². The highest BCUT2D eigenvalue weighted by Gasteiger charge is 2.17. The van der Waals surface area contributed by atoms with E-state index in [4.69, 9.17) is 4.74 Å². The fourth-order valence-electron chi connectivity index (χ4n) is 3.04. The first-order valence-corrected chi connectivity index (χ1v) is 8.20. The van der Waals surface area contributed by atoms with Crippen LogP contribution in [0.4, 0.5) is 8.78 Å². The molecule has 0 bridgehead atoms. The molecule has 0 spiro atoms. The van der Waals surface area contributed by atoms with Gasteiger partial charge >= 0.3 is 0 Å². The number of ether oxygens (including phenoxy) is 1. The van der Waals surface area contributed by atoms with E-state index in [9.17, 15) is 8.78 Å². The maximum absolute atomic E-state index is 14.4. The smallest absolute Gasteiger partial charge is 0.144 e. The summed E-state index contributed by atoms with van der Waals surface area (Å²) in [7, 11) is 1.58. The lowest BCUT2D eigenvalue weighted by atomic mass is 10.1. The van der Waals surface area contributed by atoms with Crippen LogP contribution in [-0.2, 0) is 6.54 Å². The second-order valence-corrected chi connectivity index (χ2v) is 5.95. The predicted molar refractivity (Wildman–Crippen MR) is 97.2 cm³/mol. The Balaban J connectivity index is 1.95. The molecule has 0 atom stereocenters. The number of fused-ring (bicyclic) bond motifs is 1. The standard InChI is InChI=1S/C21H16F2N2O/c1-26-15-10-11-20-19(12-15)24-21(16-7-3-5-9-18(16)23)25(20)13-14-6-2-4-8-17(14)22/h2-12H,13H2,1H3. The Morgan fingerprint density at radius 1 is 0.923 bits per heavy atom. The van der Waals surface area contributed by atoms with E-state index in [0.717, 1.165) is 5.52 Å². The third-order valence-corrected chi connectivity index (χ3v) is 4.36. The summed E-state index contributed by atoms with van der Waals surface area (Å²) in [5, 5.41) is 0. The largest absolute Gasteiger partial charge is 0.497 e. The lowest BCUT2D eigenvalue weighted by molar-refractivity contribution is 0.415. The van der Waals surface area contributed by atoms with Gasteiger partial charge in [0.1, 0.15) is 23.2 Å². The van der Waals surface area contributed by atoms with Crippen molar-refractivity contribution in [2.75, 3.05) is 7.11 Å². The second kappa shape index (κ2) is 6.59. The minimum Gasteiger partial charge on any atom is -0.497 e. The zero-order chi connectivity index (χ0) is 18.1. The van der Waals surface area contributed by atoms with Crippen LogP contribution in [-0.4, -0.2) is 16.7 Å². The van der Waals surface area contributed by atoms with E-state index >= 15 is 0 Å². The minimum atomic E-state index is -0.371. The second-order valence-electron chi connectivity index (χ2n) is 5.95. The number of aromatic nitrogens is 2. The molecule has 0 amide bonds. The molecule has 0 aliphatic carbocycles. The molecule has 0 fully saturated rings. The van der Waals surface area contributed by atoms with Crippen molar-refractivity contribution in [3.05, 3.63) is 83.9 Å². The molecule has 0 N–H and O–H groups in total. The van der Waals surface area contributed by atoms with Gasteiger partial charge in [-0.2, -0.15) is 0 Å². The quantitative estimate of drug-likeness (QED) is 0.516. The highest BCUT2D eigenvalue weighted by molar-refractivity contribution is 5.82. The number of hydrogen-bond donors (Lipinski definition) is 0. The Hall–Kier alpha value is -3.21. The Kier molecular flexibility index (Phi) is 4.13. The van der Waals surface area contributed by atoms with E-state index in [2.05, 4.69) is 4.98 Å². The first-order chi connectivity index (χ1) is 12.7. The van der Waals surface area contributed by atoms with Gasteiger partial charge in [0.25, 0.3) is 0 Å². The molecular formula is C21H16F2N2O. The highest BCUT2D eigenvalue weighted by Crippen LogP contribution is 2.30. The van der Waals surface area contributed by atoms with E-state index < -0.39 is 0 Å². The van der Waals surface area contributed by atoms with Gasteiger partial charge in [-0.3, -0.25) is 0 Å². The van der Waals surface area contributed by atoms with E-state index in [1.54, 1.807) is 49.6 Å². The van der Waals surface area contributed by atoms with E-state index in [1.807, 2.05) is 16.7 Å². The fraction of sp³-hybridized carbons (Fsp3) is 0.0952. The summed E-state index contributed by atoms with van der Waals surface area (Å²) in [4.78, 5) is 4.60. The van der Waals surface area contributed by atoms with Crippen molar-refractivity contribution in [1.82, 2.24) is 9.55 Å².